The van der Waals surface area contributed by atoms with Crippen molar-refractivity contribution in [3.05, 3.63) is 81.2 Å². The zero-order chi connectivity index (χ0) is 31.8. The number of aromatic nitrogens is 3. The number of halogens is 3. The molecule has 234 valence electrons. The van der Waals surface area contributed by atoms with Gasteiger partial charge in [0, 0.05) is 72.7 Å². The third-order valence-corrected chi connectivity index (χ3v) is 8.23. The highest BCUT2D eigenvalue weighted by molar-refractivity contribution is 5.98. The number of aromatic amines is 1. The summed E-state index contributed by atoms with van der Waals surface area (Å²) in [5, 5.41) is 2.88. The Balaban J connectivity index is 1.52. The highest BCUT2D eigenvalue weighted by atomic mass is 19.4. The van der Waals surface area contributed by atoms with Crippen LogP contribution in [0.3, 0.4) is 0 Å². The molecule has 1 aliphatic rings. The van der Waals surface area contributed by atoms with Crippen LogP contribution in [0.4, 0.5) is 19.0 Å². The van der Waals surface area contributed by atoms with E-state index in [-0.39, 0.29) is 37.1 Å². The summed E-state index contributed by atoms with van der Waals surface area (Å²) in [5.74, 6) is 0.383. The lowest BCUT2D eigenvalue weighted by molar-refractivity contribution is -0.149. The Kier molecular flexibility index (Phi) is 8.71. The van der Waals surface area contributed by atoms with Gasteiger partial charge < -0.3 is 25.2 Å². The van der Waals surface area contributed by atoms with Gasteiger partial charge in [-0.05, 0) is 56.7 Å². The number of carbonyl (C=O) groups is 1. The smallest absolute Gasteiger partial charge is 0.401 e. The van der Waals surface area contributed by atoms with Gasteiger partial charge in [0.25, 0.3) is 11.5 Å². The number of hydrogen-bond donors (Lipinski definition) is 3. The number of fused-ring (bicyclic) bond motifs is 1. The Morgan fingerprint density at radius 1 is 1.16 bits per heavy atom. The Morgan fingerprint density at radius 3 is 2.52 bits per heavy atom. The van der Waals surface area contributed by atoms with Crippen molar-refractivity contribution in [2.24, 2.45) is 0 Å². The van der Waals surface area contributed by atoms with Gasteiger partial charge in [0.05, 0.1) is 31.3 Å². The standard InChI is InChI=1S/C31H36F3N7O3/c1-18-13-26(44-4)24(30(43)38-18)16-37-29(42)23-14-25-22(21-5-6-27(35)36-15-21)7-8-41(25)28(19(23)2)20(3)40-11-9-39(10-12-40)17-31(32,33)34/h5-8,13-15,20H,9-12,16-17H2,1-4H3,(H2,35,36)(H,37,42)(H,38,43). The topological polar surface area (TPSA) is 121 Å². The molecule has 0 radical (unpaired) electrons. The highest BCUT2D eigenvalue weighted by Crippen LogP contribution is 2.34. The number of nitrogens with one attached hydrogen (secondary N) is 2. The molecule has 0 aromatic carbocycles. The van der Waals surface area contributed by atoms with Crippen LogP contribution in [0.15, 0.2) is 47.5 Å². The van der Waals surface area contributed by atoms with Crippen LogP contribution in [0.1, 0.15) is 45.8 Å². The SMILES string of the molecule is COc1cc(C)[nH]c(=O)c1CNC(=O)c1cc2c(-c3ccc(N)nc3)ccn2c(C(C)N2CCN(CC(F)(F)F)CC2)c1C. The second kappa shape index (κ2) is 12.3. The second-order valence-corrected chi connectivity index (χ2v) is 11.1. The molecule has 1 saturated heterocycles. The average Bonchev–Trinajstić information content (AvgIpc) is 3.39. The van der Waals surface area contributed by atoms with Gasteiger partial charge in [-0.15, -0.1) is 0 Å². The van der Waals surface area contributed by atoms with Crippen molar-refractivity contribution in [2.75, 3.05) is 45.6 Å². The highest BCUT2D eigenvalue weighted by Gasteiger charge is 2.34. The van der Waals surface area contributed by atoms with Crippen LogP contribution < -0.4 is 21.3 Å². The molecule has 10 nitrogen and oxygen atoms in total. The molecule has 0 aliphatic carbocycles. The number of anilines is 1. The van der Waals surface area contributed by atoms with E-state index in [1.165, 1.54) is 12.0 Å². The van der Waals surface area contributed by atoms with Gasteiger partial charge in [-0.2, -0.15) is 13.2 Å². The van der Waals surface area contributed by atoms with Crippen molar-refractivity contribution in [1.29, 1.82) is 0 Å². The first kappa shape index (κ1) is 31.1. The number of ether oxygens (including phenoxy) is 1. The lowest BCUT2D eigenvalue weighted by Crippen LogP contribution is -2.49. The maximum atomic E-state index is 13.8. The van der Waals surface area contributed by atoms with Gasteiger partial charge in [-0.1, -0.05) is 0 Å². The number of aryl methyl sites for hydroxylation is 1. The number of alkyl halides is 3. The van der Waals surface area contributed by atoms with Crippen LogP contribution in [-0.4, -0.2) is 76.1 Å². The van der Waals surface area contributed by atoms with Crippen molar-refractivity contribution in [3.63, 3.8) is 0 Å². The summed E-state index contributed by atoms with van der Waals surface area (Å²) in [5.41, 5.74) is 10.8. The molecule has 1 amide bonds. The van der Waals surface area contributed by atoms with Gasteiger partial charge >= 0.3 is 6.18 Å². The van der Waals surface area contributed by atoms with Crippen LogP contribution in [0.2, 0.25) is 0 Å². The number of nitrogens with two attached hydrogens (primary N) is 1. The molecule has 5 rings (SSSR count). The lowest BCUT2D eigenvalue weighted by atomic mass is 9.99. The van der Waals surface area contributed by atoms with Crippen LogP contribution in [0.5, 0.6) is 5.75 Å². The summed E-state index contributed by atoms with van der Waals surface area (Å²) < 4.78 is 46.4. The fraction of sp³-hybridized carbons (Fsp3) is 0.387. The van der Waals surface area contributed by atoms with Gasteiger partial charge in [-0.3, -0.25) is 19.4 Å². The van der Waals surface area contributed by atoms with Crippen molar-refractivity contribution < 1.29 is 22.7 Å². The Bertz CT molecular complexity index is 1720. The van der Waals surface area contributed by atoms with E-state index in [0.717, 1.165) is 27.9 Å². The zero-order valence-corrected chi connectivity index (χ0v) is 25.1. The van der Waals surface area contributed by atoms with Gasteiger partial charge in [0.2, 0.25) is 0 Å². The molecule has 4 aromatic rings. The van der Waals surface area contributed by atoms with Crippen LogP contribution in [0, 0.1) is 13.8 Å². The van der Waals surface area contributed by atoms with Gasteiger partial charge in [-0.25, -0.2) is 4.98 Å². The Morgan fingerprint density at radius 2 is 1.89 bits per heavy atom. The minimum atomic E-state index is -4.25. The van der Waals surface area contributed by atoms with E-state index in [1.54, 1.807) is 25.3 Å². The number of amides is 1. The van der Waals surface area contributed by atoms with Crippen molar-refractivity contribution in [1.82, 2.24) is 29.5 Å². The molecule has 5 heterocycles. The number of H-pyrrole nitrogens is 1. The van der Waals surface area contributed by atoms with Crippen LogP contribution in [-0.2, 0) is 6.54 Å². The van der Waals surface area contributed by atoms with E-state index < -0.39 is 12.7 Å². The molecule has 1 unspecified atom stereocenters. The summed E-state index contributed by atoms with van der Waals surface area (Å²) >= 11 is 0. The van der Waals surface area contributed by atoms with E-state index in [9.17, 15) is 22.8 Å². The molecule has 1 fully saturated rings. The normalized spacial score (nSPS) is 15.4. The Hall–Kier alpha value is -4.36. The average molecular weight is 612 g/mol. The first-order chi connectivity index (χ1) is 20.9. The number of rotatable bonds is 8. The fourth-order valence-electron chi connectivity index (χ4n) is 5.96. The second-order valence-electron chi connectivity index (χ2n) is 11.1. The third kappa shape index (κ3) is 6.43. The Labute approximate surface area is 252 Å². The molecule has 13 heteroatoms. The monoisotopic (exact) mass is 611 g/mol. The van der Waals surface area contributed by atoms with Crippen molar-refractivity contribution in [3.8, 4) is 16.9 Å². The van der Waals surface area contributed by atoms with Crippen molar-refractivity contribution in [2.45, 2.75) is 39.5 Å². The molecule has 0 bridgehead atoms. The largest absolute Gasteiger partial charge is 0.496 e. The van der Waals surface area contributed by atoms with Crippen LogP contribution in [0.25, 0.3) is 16.6 Å². The van der Waals surface area contributed by atoms with E-state index in [1.807, 2.05) is 42.6 Å². The summed E-state index contributed by atoms with van der Waals surface area (Å²) in [4.78, 5) is 36.9. The fourth-order valence-corrected chi connectivity index (χ4v) is 5.96. The van der Waals surface area contributed by atoms with E-state index in [4.69, 9.17) is 10.5 Å². The number of piperazine rings is 1. The summed E-state index contributed by atoms with van der Waals surface area (Å²) in [6.45, 7) is 6.09. The first-order valence-corrected chi connectivity index (χ1v) is 14.3. The van der Waals surface area contributed by atoms with Gasteiger partial charge in [0.15, 0.2) is 0 Å². The first-order valence-electron chi connectivity index (χ1n) is 14.3. The van der Waals surface area contributed by atoms with Crippen LogP contribution >= 0.6 is 0 Å². The number of carbonyl (C=O) groups excluding carboxylic acids is 1. The molecule has 1 atom stereocenters. The number of nitrogen functional groups attached to an aromatic ring is 1. The van der Waals surface area contributed by atoms with E-state index >= 15 is 0 Å². The maximum absolute atomic E-state index is 13.8. The summed E-state index contributed by atoms with van der Waals surface area (Å²) in [6, 6.07) is 8.79. The third-order valence-electron chi connectivity index (χ3n) is 8.23. The number of hydrogen-bond acceptors (Lipinski definition) is 7. The molecule has 4 N–H and O–H groups in total. The quantitative estimate of drug-likeness (QED) is 0.275. The minimum absolute atomic E-state index is 0.0515. The predicted molar refractivity (Wildman–Crippen MR) is 162 cm³/mol. The summed E-state index contributed by atoms with van der Waals surface area (Å²) in [6.07, 6.45) is -0.647. The molecular weight excluding hydrogens is 575 g/mol. The zero-order valence-electron chi connectivity index (χ0n) is 25.1. The number of pyridine rings is 3. The van der Waals surface area contributed by atoms with Crippen molar-refractivity contribution >= 4 is 17.2 Å². The lowest BCUT2D eigenvalue weighted by Gasteiger charge is -2.39. The number of methoxy groups -OCH3 is 1. The maximum Gasteiger partial charge on any atom is 0.401 e. The van der Waals surface area contributed by atoms with E-state index in [0.29, 0.717) is 41.5 Å². The number of nitrogens with zero attached hydrogens (tertiary/aromatic N) is 4. The molecule has 1 aliphatic heterocycles. The van der Waals surface area contributed by atoms with E-state index in [2.05, 4.69) is 20.2 Å². The van der Waals surface area contributed by atoms with Gasteiger partial charge in [0.1, 0.15) is 11.6 Å². The molecule has 4 aromatic heterocycles. The minimum Gasteiger partial charge on any atom is -0.496 e. The predicted octanol–water partition coefficient (Wildman–Crippen LogP) is 4.07. The molecular formula is C31H36F3N7O3. The molecule has 0 spiro atoms. The summed E-state index contributed by atoms with van der Waals surface area (Å²) in [7, 11) is 1.47. The molecule has 44 heavy (non-hydrogen) atoms. The molecule has 0 saturated carbocycles.